The van der Waals surface area contributed by atoms with E-state index in [2.05, 4.69) is 9.71 Å². The molecule has 10 heteroatoms. The average Bonchev–Trinajstić information content (AvgIpc) is 2.72. The van der Waals surface area contributed by atoms with Gasteiger partial charge in [-0.3, -0.25) is 14.1 Å². The van der Waals surface area contributed by atoms with Gasteiger partial charge in [-0.2, -0.15) is 0 Å². The van der Waals surface area contributed by atoms with Crippen molar-refractivity contribution in [2.45, 2.75) is 11.8 Å². The van der Waals surface area contributed by atoms with Crippen LogP contribution >= 0.6 is 34.8 Å². The molecule has 1 N–H and O–H groups in total. The molecule has 158 valence electrons. The third kappa shape index (κ3) is 4.14. The molecule has 31 heavy (non-hydrogen) atoms. The lowest BCUT2D eigenvalue weighted by molar-refractivity contribution is 0.601. The Morgan fingerprint density at radius 1 is 0.903 bits per heavy atom. The normalized spacial score (nSPS) is 11.6. The number of aryl methyl sites for hydroxylation is 1. The predicted molar refractivity (Wildman–Crippen MR) is 124 cm³/mol. The molecule has 0 aliphatic carbocycles. The minimum Gasteiger partial charge on any atom is -0.278 e. The molecule has 0 atom stereocenters. The number of hydrogen-bond acceptors (Lipinski definition) is 4. The first kappa shape index (κ1) is 21.6. The maximum atomic E-state index is 13.0. The highest BCUT2D eigenvalue weighted by Crippen LogP contribution is 2.30. The third-order valence-electron chi connectivity index (χ3n) is 4.60. The maximum absolute atomic E-state index is 13.0. The van der Waals surface area contributed by atoms with Crippen molar-refractivity contribution in [2.24, 2.45) is 0 Å². The van der Waals surface area contributed by atoms with Crippen LogP contribution in [0.2, 0.25) is 15.1 Å². The highest BCUT2D eigenvalue weighted by atomic mass is 35.5. The van der Waals surface area contributed by atoms with Gasteiger partial charge < -0.3 is 0 Å². The molecule has 4 aromatic rings. The fraction of sp³-hybridized carbons (Fsp3) is 0.0476. The number of fused-ring (bicyclic) bond motifs is 1. The first-order chi connectivity index (χ1) is 14.7. The average molecular weight is 495 g/mol. The summed E-state index contributed by atoms with van der Waals surface area (Å²) in [6.45, 7) is 1.70. The second-order valence-corrected chi connectivity index (χ2v) is 9.57. The van der Waals surface area contributed by atoms with Crippen molar-refractivity contribution in [1.29, 1.82) is 0 Å². The molecule has 0 amide bonds. The molecular formula is C21H14Cl3N3O3S. The molecule has 0 aliphatic heterocycles. The summed E-state index contributed by atoms with van der Waals surface area (Å²) in [7, 11) is -4.01. The van der Waals surface area contributed by atoms with Crippen molar-refractivity contribution in [1.82, 2.24) is 9.55 Å². The number of para-hydroxylation sites is 1. The Bertz CT molecular complexity index is 1500. The second-order valence-electron chi connectivity index (χ2n) is 6.66. The quantitative estimate of drug-likeness (QED) is 0.409. The standard InChI is InChI=1S/C21H14Cl3N3O3S/c1-12-25-19-5-3-2-4-15(19)21(28)27(12)13-6-8-17(23)20(10-13)26-31(29,30)14-7-9-16(22)18(24)11-14/h2-11,26H,1H3. The zero-order valence-electron chi connectivity index (χ0n) is 15.9. The number of nitrogens with zero attached hydrogens (tertiary/aromatic N) is 2. The van der Waals surface area contributed by atoms with Crippen molar-refractivity contribution >= 4 is 61.4 Å². The SMILES string of the molecule is Cc1nc2ccccc2c(=O)n1-c1ccc(Cl)c(NS(=O)(=O)c2ccc(Cl)c(Cl)c2)c1. The van der Waals surface area contributed by atoms with Crippen LogP contribution in [-0.4, -0.2) is 18.0 Å². The molecule has 3 aromatic carbocycles. The molecule has 4 rings (SSSR count). The molecule has 0 saturated heterocycles. The number of hydrogen-bond donors (Lipinski definition) is 1. The highest BCUT2D eigenvalue weighted by molar-refractivity contribution is 7.92. The smallest absolute Gasteiger partial charge is 0.265 e. The number of nitrogens with one attached hydrogen (secondary N) is 1. The predicted octanol–water partition coefficient (Wildman–Crippen LogP) is 5.46. The molecule has 1 heterocycles. The van der Waals surface area contributed by atoms with E-state index in [4.69, 9.17) is 34.8 Å². The highest BCUT2D eigenvalue weighted by Gasteiger charge is 2.18. The summed E-state index contributed by atoms with van der Waals surface area (Å²) in [5, 5.41) is 0.945. The first-order valence-corrected chi connectivity index (χ1v) is 11.6. The molecule has 0 fully saturated rings. The van der Waals surface area contributed by atoms with Crippen LogP contribution in [0.4, 0.5) is 5.69 Å². The zero-order valence-corrected chi connectivity index (χ0v) is 19.0. The molecule has 0 bridgehead atoms. The molecule has 6 nitrogen and oxygen atoms in total. The summed E-state index contributed by atoms with van der Waals surface area (Å²) in [5.74, 6) is 0.448. The van der Waals surface area contributed by atoms with Gasteiger partial charge in [0.1, 0.15) is 5.82 Å². The van der Waals surface area contributed by atoms with Crippen LogP contribution in [0.5, 0.6) is 0 Å². The van der Waals surface area contributed by atoms with Gasteiger partial charge in [0, 0.05) is 0 Å². The second kappa shape index (κ2) is 8.16. The van der Waals surface area contributed by atoms with E-state index in [1.54, 1.807) is 37.3 Å². The molecule has 0 aliphatic rings. The molecule has 1 aromatic heterocycles. The van der Waals surface area contributed by atoms with Crippen LogP contribution in [0.3, 0.4) is 0 Å². The summed E-state index contributed by atoms with van der Waals surface area (Å²) in [5.41, 5.74) is 0.821. The first-order valence-electron chi connectivity index (χ1n) is 8.93. The minimum atomic E-state index is -4.01. The van der Waals surface area contributed by atoms with Gasteiger partial charge in [0.2, 0.25) is 0 Å². The van der Waals surface area contributed by atoms with E-state index in [-0.39, 0.29) is 31.2 Å². The number of rotatable bonds is 4. The minimum absolute atomic E-state index is 0.0795. The number of aromatic nitrogens is 2. The Morgan fingerprint density at radius 3 is 2.35 bits per heavy atom. The monoisotopic (exact) mass is 493 g/mol. The number of sulfonamides is 1. The Kier molecular flexibility index (Phi) is 5.70. The number of benzene rings is 3. The number of anilines is 1. The van der Waals surface area contributed by atoms with Gasteiger partial charge in [0.05, 0.1) is 42.2 Å². The lowest BCUT2D eigenvalue weighted by Crippen LogP contribution is -2.22. The summed E-state index contributed by atoms with van der Waals surface area (Å²) in [6.07, 6.45) is 0. The van der Waals surface area contributed by atoms with Gasteiger partial charge in [0.15, 0.2) is 0 Å². The molecule has 0 saturated carbocycles. The summed E-state index contributed by atoms with van der Waals surface area (Å²) in [6, 6.07) is 15.6. The Balaban J connectivity index is 1.81. The summed E-state index contributed by atoms with van der Waals surface area (Å²) < 4.78 is 29.5. The van der Waals surface area contributed by atoms with Gasteiger partial charge in [-0.1, -0.05) is 46.9 Å². The van der Waals surface area contributed by atoms with E-state index in [1.165, 1.54) is 34.9 Å². The van der Waals surface area contributed by atoms with Crippen LogP contribution in [0.1, 0.15) is 5.82 Å². The van der Waals surface area contributed by atoms with Crippen molar-refractivity contribution in [3.05, 3.63) is 91.9 Å². The molecule has 0 unspecified atom stereocenters. The maximum Gasteiger partial charge on any atom is 0.265 e. The van der Waals surface area contributed by atoms with E-state index in [0.717, 1.165) is 0 Å². The van der Waals surface area contributed by atoms with E-state index in [9.17, 15) is 13.2 Å². The van der Waals surface area contributed by atoms with Gasteiger partial charge in [0.25, 0.3) is 15.6 Å². The van der Waals surface area contributed by atoms with Gasteiger partial charge in [-0.25, -0.2) is 13.4 Å². The topological polar surface area (TPSA) is 81.1 Å². The summed E-state index contributed by atoms with van der Waals surface area (Å²) in [4.78, 5) is 17.4. The van der Waals surface area contributed by atoms with Crippen LogP contribution in [0, 0.1) is 6.92 Å². The van der Waals surface area contributed by atoms with Crippen LogP contribution in [0.25, 0.3) is 16.6 Å². The summed E-state index contributed by atoms with van der Waals surface area (Å²) >= 11 is 18.0. The molecular weight excluding hydrogens is 481 g/mol. The number of halogens is 3. The van der Waals surface area contributed by atoms with E-state index < -0.39 is 10.0 Å². The van der Waals surface area contributed by atoms with Crippen LogP contribution in [-0.2, 0) is 10.0 Å². The van der Waals surface area contributed by atoms with E-state index >= 15 is 0 Å². The fourth-order valence-corrected chi connectivity index (χ4v) is 4.81. The van der Waals surface area contributed by atoms with Crippen LogP contribution < -0.4 is 10.3 Å². The molecule has 0 radical (unpaired) electrons. The van der Waals surface area contributed by atoms with Gasteiger partial charge in [-0.05, 0) is 55.5 Å². The Labute approximate surface area is 193 Å². The fourth-order valence-electron chi connectivity index (χ4n) is 3.13. The van der Waals surface area contributed by atoms with Crippen LogP contribution in [0.15, 0.2) is 70.4 Å². The Hall–Kier alpha value is -2.58. The van der Waals surface area contributed by atoms with Crippen molar-refractivity contribution in [2.75, 3.05) is 4.72 Å². The van der Waals surface area contributed by atoms with E-state index in [1.807, 2.05) is 0 Å². The lowest BCUT2D eigenvalue weighted by Gasteiger charge is -2.14. The van der Waals surface area contributed by atoms with Crippen molar-refractivity contribution < 1.29 is 8.42 Å². The zero-order chi connectivity index (χ0) is 22.3. The Morgan fingerprint density at radius 2 is 1.61 bits per heavy atom. The lowest BCUT2D eigenvalue weighted by atomic mass is 10.2. The van der Waals surface area contributed by atoms with Crippen molar-refractivity contribution in [3.8, 4) is 5.69 Å². The third-order valence-corrected chi connectivity index (χ3v) is 7.03. The van der Waals surface area contributed by atoms with Gasteiger partial charge in [-0.15, -0.1) is 0 Å². The molecule has 0 spiro atoms. The van der Waals surface area contributed by atoms with E-state index in [0.29, 0.717) is 22.4 Å². The van der Waals surface area contributed by atoms with Crippen molar-refractivity contribution in [3.63, 3.8) is 0 Å². The largest absolute Gasteiger partial charge is 0.278 e. The van der Waals surface area contributed by atoms with Gasteiger partial charge >= 0.3 is 0 Å².